The molecule has 4 saturated carbocycles. The van der Waals surface area contributed by atoms with Crippen molar-refractivity contribution in [3.05, 3.63) is 300 Å². The van der Waals surface area contributed by atoms with Gasteiger partial charge < -0.3 is 54.4 Å². The number of aliphatic hydroxyl groups excluding tert-OH is 1. The number of benzene rings is 8. The van der Waals surface area contributed by atoms with E-state index >= 15 is 0 Å². The standard InChI is InChI=1S/C28H29N3O6S.C26H24N2O4.C23H20F3N3O4S.C22H20N2O2.5H2/c32-16-22-3-2-14-31(22)38(34,35)23-9-6-19(7-10-23)24-4-1-5-26(29-24)30-27(33)28(12-13-28)21-8-11-25-20(15-21)17-36-18-37-25;1-28(2)25(30)18-5-3-4-17(12-18)19-6-8-21(27-15-19)14-24(29)26(10-11-26)20-7-9-22-23(13-20)32-16-31-22;1-27-34(31,32)18-11-5-15(6-12-18)19-3-2-4-20(28-19)29-21(30)22(13-14-22)16-7-9-17(10-8-16)33-23(24,25)26;1-26-19-10-8-18(9-11-19)22(13-14-22)21(25)24-20-12-7-17(15-23-20)16-5-3-2-4-6-16;;;;;/h1,4-11,15,22,32H,2-3,12-14,16-18H2,(H,29,30,33);3-9,12-13,15H,10-11,14,16H2,1-2H3;2-12,27H,13-14H2,1H3,(H,28,29,30);2-12,15H,13-14H2,1H3,(H,23,24,25);5*1H/t22-;;;;;;;;/m1......../s1. The van der Waals surface area contributed by atoms with Crippen LogP contribution in [0.2, 0.25) is 0 Å². The number of ketones is 1. The number of halogens is 3. The van der Waals surface area contributed by atoms with Gasteiger partial charge in [-0.1, -0.05) is 121 Å². The number of amides is 4. The van der Waals surface area contributed by atoms with Crippen LogP contribution in [0.25, 0.3) is 44.8 Å². The molecular formula is C99H103F3N10O16S2. The van der Waals surface area contributed by atoms with Gasteiger partial charge >= 0.3 is 6.36 Å². The monoisotopic (exact) mass is 1810 g/mol. The number of pyridine rings is 4. The molecule has 5 N–H and O–H groups in total. The predicted molar refractivity (Wildman–Crippen MR) is 491 cm³/mol. The van der Waals surface area contributed by atoms with Crippen molar-refractivity contribution in [3.8, 4) is 73.5 Å². The molecule has 8 aromatic carbocycles. The Morgan fingerprint density at radius 2 is 1.02 bits per heavy atom. The number of hydrogen-bond donors (Lipinski definition) is 5. The molecular weight excluding hydrogens is 1710 g/mol. The number of ether oxygens (including phenoxy) is 6. The summed E-state index contributed by atoms with van der Waals surface area (Å²) in [5, 5.41) is 18.3. The molecule has 26 nitrogen and oxygen atoms in total. The Labute approximate surface area is 757 Å². The first kappa shape index (κ1) is 89.8. The third-order valence-electron chi connectivity index (χ3n) is 24.3. The van der Waals surface area contributed by atoms with Gasteiger partial charge in [0.05, 0.1) is 63.2 Å². The SMILES string of the molecule is CN(C)C(=O)c1cccc(-c2ccc(CC(=O)C3(c4ccc5c(c4)OCO5)CC3)nc2)c1.CNS(=O)(=O)c1ccc(-c2cccc(NC(=O)C3(c4ccc(OC(F)(F)F)cc4)CC3)n2)cc1.COc1ccc(C2(C(=O)Nc3ccc(-c4ccccc4)cn3)CC2)cc1.O=C(Nc1cccc(-c2ccc(S(=O)(=O)N3CCC[C@@H]3CO)cc2)n1)C1(c2ccc3c(c2)COCO3)CC1.[HH].[HH].[HH].[HH].[HH]. The predicted octanol–water partition coefficient (Wildman–Crippen LogP) is 17.3. The van der Waals surface area contributed by atoms with Gasteiger partial charge in [0.25, 0.3) is 5.91 Å². The first-order valence-corrected chi connectivity index (χ1v) is 45.3. The summed E-state index contributed by atoms with van der Waals surface area (Å²) in [6.07, 6.45) is 6.47. The number of Topliss-reactive ketones (excluding diaryl/α,β-unsaturated/α-hetero) is 1. The topological polar surface area (TPSA) is 335 Å². The molecule has 0 unspecified atom stereocenters. The minimum absolute atomic E-state index is 0. The van der Waals surface area contributed by atoms with Crippen molar-refractivity contribution in [2.75, 3.05) is 70.9 Å². The fourth-order valence-corrected chi connectivity index (χ4v) is 18.6. The molecule has 1 atom stereocenters. The van der Waals surface area contributed by atoms with Crippen LogP contribution in [-0.2, 0) is 78.6 Å². The summed E-state index contributed by atoms with van der Waals surface area (Å²) in [5.41, 5.74) is 10.1. The van der Waals surface area contributed by atoms with Crippen molar-refractivity contribution in [2.45, 2.75) is 121 Å². The zero-order valence-corrected chi connectivity index (χ0v) is 73.1. The lowest BCUT2D eigenvalue weighted by Crippen LogP contribution is -2.37. The van der Waals surface area contributed by atoms with E-state index in [1.165, 1.54) is 47.8 Å². The van der Waals surface area contributed by atoms with E-state index in [2.05, 4.69) is 45.3 Å². The van der Waals surface area contributed by atoms with Crippen LogP contribution in [-0.4, -0.2) is 148 Å². The number of carbonyl (C=O) groups is 5. The van der Waals surface area contributed by atoms with E-state index < -0.39 is 48.1 Å². The molecule has 7 heterocycles. The Bertz CT molecular complexity index is 6460. The number of nitrogens with one attached hydrogen (secondary N) is 4. The Hall–Kier alpha value is -13.6. The molecule has 19 rings (SSSR count). The maximum Gasteiger partial charge on any atom is 0.573 e. The van der Waals surface area contributed by atoms with Gasteiger partial charge in [-0.05, 0) is 232 Å². The van der Waals surface area contributed by atoms with Crippen LogP contribution in [0.5, 0.6) is 28.7 Å². The van der Waals surface area contributed by atoms with E-state index in [-0.39, 0.29) is 84.7 Å². The highest BCUT2D eigenvalue weighted by Crippen LogP contribution is 2.54. The van der Waals surface area contributed by atoms with Crippen LogP contribution >= 0.6 is 0 Å². The van der Waals surface area contributed by atoms with Crippen molar-refractivity contribution < 1.29 is 94.6 Å². The number of nitrogens with zero attached hydrogens (tertiary/aromatic N) is 6. The number of aliphatic hydroxyl groups is 1. The number of aromatic nitrogens is 4. The van der Waals surface area contributed by atoms with Gasteiger partial charge in [0, 0.05) is 91.7 Å². The second-order valence-electron chi connectivity index (χ2n) is 32.9. The second kappa shape index (κ2) is 37.6. The number of fused-ring (bicyclic) bond motifs is 2. The van der Waals surface area contributed by atoms with Gasteiger partial charge in [-0.25, -0.2) is 36.5 Å². The van der Waals surface area contributed by atoms with Crippen LogP contribution < -0.4 is 44.4 Å². The smallest absolute Gasteiger partial charge is 0.497 e. The Morgan fingerprint density at radius 1 is 0.515 bits per heavy atom. The van der Waals surface area contributed by atoms with Crippen molar-refractivity contribution >= 4 is 66.9 Å². The average Bonchev–Trinajstić information content (AvgIpc) is 1.60. The number of anilines is 3. The number of hydrogen-bond acceptors (Lipinski definition) is 20. The van der Waals surface area contributed by atoms with Crippen molar-refractivity contribution in [3.63, 3.8) is 0 Å². The summed E-state index contributed by atoms with van der Waals surface area (Å²) < 4.78 is 121. The molecule has 5 fully saturated rings. The highest BCUT2D eigenvalue weighted by Gasteiger charge is 2.55. The summed E-state index contributed by atoms with van der Waals surface area (Å²) >= 11 is 0. The summed E-state index contributed by atoms with van der Waals surface area (Å²) in [6, 6.07) is 72.6. The molecule has 0 spiro atoms. The van der Waals surface area contributed by atoms with Gasteiger partial charge in [0.15, 0.2) is 18.3 Å². The van der Waals surface area contributed by atoms with E-state index in [0.29, 0.717) is 83.7 Å². The van der Waals surface area contributed by atoms with Crippen LogP contribution in [0.1, 0.15) is 115 Å². The minimum atomic E-state index is -4.78. The molecule has 12 aromatic rings. The van der Waals surface area contributed by atoms with Crippen LogP contribution in [0.3, 0.4) is 0 Å². The quantitative estimate of drug-likeness (QED) is 0.0355. The lowest BCUT2D eigenvalue weighted by molar-refractivity contribution is -0.274. The third kappa shape index (κ3) is 20.0. The van der Waals surface area contributed by atoms with Gasteiger partial charge in [-0.15, -0.1) is 13.2 Å². The molecule has 3 aliphatic heterocycles. The van der Waals surface area contributed by atoms with E-state index in [1.54, 1.807) is 105 Å². The number of rotatable bonds is 25. The summed E-state index contributed by atoms with van der Waals surface area (Å²) in [4.78, 5) is 84.5. The highest BCUT2D eigenvalue weighted by atomic mass is 32.2. The highest BCUT2D eigenvalue weighted by molar-refractivity contribution is 7.89. The first-order valence-electron chi connectivity index (χ1n) is 42.3. The lowest BCUT2D eigenvalue weighted by Gasteiger charge is -2.22. The minimum Gasteiger partial charge on any atom is -0.497 e. The second-order valence-corrected chi connectivity index (χ2v) is 36.7. The van der Waals surface area contributed by atoms with E-state index in [0.717, 1.165) is 118 Å². The normalized spacial score (nSPS) is 16.5. The summed E-state index contributed by atoms with van der Waals surface area (Å²) in [6.45, 7) is 1.15. The van der Waals surface area contributed by atoms with E-state index in [4.69, 9.17) is 23.7 Å². The number of alkyl halides is 3. The molecule has 4 aromatic heterocycles. The van der Waals surface area contributed by atoms with Gasteiger partial charge in [-0.2, -0.15) is 4.31 Å². The maximum atomic E-state index is 13.3. The molecule has 0 radical (unpaired) electrons. The van der Waals surface area contributed by atoms with E-state index in [1.807, 2.05) is 146 Å². The average molecular weight is 1810 g/mol. The number of sulfonamides is 2. The molecule has 4 aliphatic carbocycles. The Kier molecular flexibility index (Phi) is 26.0. The number of methoxy groups -OCH3 is 1. The fourth-order valence-electron chi connectivity index (χ4n) is 16.2. The summed E-state index contributed by atoms with van der Waals surface area (Å²) in [5.74, 6) is 3.71. The van der Waals surface area contributed by atoms with Crippen LogP contribution in [0, 0.1) is 0 Å². The molecule has 4 amide bonds. The molecule has 678 valence electrons. The van der Waals surface area contributed by atoms with Crippen molar-refractivity contribution in [1.82, 2.24) is 33.9 Å². The van der Waals surface area contributed by atoms with Gasteiger partial charge in [0.2, 0.25) is 44.6 Å². The maximum absolute atomic E-state index is 13.3. The number of carbonyl (C=O) groups excluding carboxylic acids is 5. The zero-order chi connectivity index (χ0) is 91.2. The Balaban J connectivity index is 0.000000172. The third-order valence-corrected chi connectivity index (χ3v) is 27.7. The van der Waals surface area contributed by atoms with Crippen molar-refractivity contribution in [1.29, 1.82) is 0 Å². The fraction of sp³-hybridized carbons (Fsp3) is 0.263. The lowest BCUT2D eigenvalue weighted by atomic mass is 9.88. The zero-order valence-electron chi connectivity index (χ0n) is 71.4. The molecule has 130 heavy (non-hydrogen) atoms. The largest absolute Gasteiger partial charge is 0.573 e. The van der Waals surface area contributed by atoms with Gasteiger partial charge in [0.1, 0.15) is 40.5 Å². The first-order chi connectivity index (χ1) is 62.6. The van der Waals surface area contributed by atoms with E-state index in [9.17, 15) is 59.1 Å². The van der Waals surface area contributed by atoms with Gasteiger partial charge in [-0.3, -0.25) is 29.0 Å². The van der Waals surface area contributed by atoms with Crippen LogP contribution in [0.4, 0.5) is 30.6 Å². The summed E-state index contributed by atoms with van der Waals surface area (Å²) in [7, 11) is -0.809. The molecule has 1 saturated heterocycles. The molecule has 31 heteroatoms. The molecule has 7 aliphatic rings. The molecule has 0 bridgehead atoms. The Morgan fingerprint density at radius 3 is 1.57 bits per heavy atom. The van der Waals surface area contributed by atoms with Crippen molar-refractivity contribution in [2.24, 2.45) is 0 Å². The van der Waals surface area contributed by atoms with Crippen LogP contribution in [0.15, 0.2) is 271 Å².